The molecular formula is C9H10N4O3. The zero-order valence-corrected chi connectivity index (χ0v) is 8.64. The fraction of sp³-hybridized carbons (Fsp3) is 0.333. The van der Waals surface area contributed by atoms with E-state index in [0.717, 1.165) is 0 Å². The van der Waals surface area contributed by atoms with E-state index < -0.39 is 4.92 Å². The van der Waals surface area contributed by atoms with Crippen LogP contribution in [0, 0.1) is 21.4 Å². The predicted molar refractivity (Wildman–Crippen MR) is 56.0 cm³/mol. The van der Waals surface area contributed by atoms with Crippen LogP contribution in [0.4, 0.5) is 11.5 Å². The van der Waals surface area contributed by atoms with E-state index in [9.17, 15) is 10.1 Å². The number of hydrogen-bond acceptors (Lipinski definition) is 6. The topological polar surface area (TPSA) is 101 Å². The summed E-state index contributed by atoms with van der Waals surface area (Å²) in [7, 11) is 1.52. The summed E-state index contributed by atoms with van der Waals surface area (Å²) in [6, 6.07) is 4.37. The van der Waals surface area contributed by atoms with Gasteiger partial charge in [0.15, 0.2) is 0 Å². The van der Waals surface area contributed by atoms with Gasteiger partial charge in [-0.3, -0.25) is 10.1 Å². The van der Waals surface area contributed by atoms with Gasteiger partial charge in [0.2, 0.25) is 5.82 Å². The van der Waals surface area contributed by atoms with Crippen molar-refractivity contribution in [3.8, 4) is 6.07 Å². The first-order valence-corrected chi connectivity index (χ1v) is 4.47. The third-order valence-corrected chi connectivity index (χ3v) is 1.78. The van der Waals surface area contributed by atoms with Crippen molar-refractivity contribution < 1.29 is 9.66 Å². The highest BCUT2D eigenvalue weighted by Gasteiger charge is 2.15. The van der Waals surface area contributed by atoms with Gasteiger partial charge >= 0.3 is 5.69 Å². The van der Waals surface area contributed by atoms with Gasteiger partial charge in [0.05, 0.1) is 11.5 Å². The van der Waals surface area contributed by atoms with Gasteiger partial charge in [-0.2, -0.15) is 5.26 Å². The number of ether oxygens (including phenoxy) is 1. The minimum atomic E-state index is -0.552. The van der Waals surface area contributed by atoms with Crippen molar-refractivity contribution in [2.75, 3.05) is 25.6 Å². The maximum absolute atomic E-state index is 10.7. The van der Waals surface area contributed by atoms with Crippen LogP contribution in [0.15, 0.2) is 12.1 Å². The Balaban J connectivity index is 2.92. The Morgan fingerprint density at radius 2 is 2.44 bits per heavy atom. The van der Waals surface area contributed by atoms with Crippen LogP contribution in [0.5, 0.6) is 0 Å². The molecular weight excluding hydrogens is 212 g/mol. The number of nitro groups is 1. The number of nitrogens with zero attached hydrogens (tertiary/aromatic N) is 3. The Labute approximate surface area is 91.8 Å². The number of hydrogen-bond donors (Lipinski definition) is 1. The van der Waals surface area contributed by atoms with Crippen LogP contribution >= 0.6 is 0 Å². The van der Waals surface area contributed by atoms with Gasteiger partial charge in [0.25, 0.3) is 0 Å². The van der Waals surface area contributed by atoms with Crippen molar-refractivity contribution in [2.24, 2.45) is 0 Å². The number of aromatic nitrogens is 1. The SMILES string of the molecule is COCCNc1nc(C#N)ccc1[N+](=O)[O-]. The van der Waals surface area contributed by atoms with Crippen molar-refractivity contribution in [1.82, 2.24) is 4.98 Å². The molecule has 0 amide bonds. The molecule has 0 aliphatic carbocycles. The van der Waals surface area contributed by atoms with Crippen LogP contribution in [0.2, 0.25) is 0 Å². The Morgan fingerprint density at radius 1 is 1.69 bits per heavy atom. The molecule has 1 heterocycles. The highest BCUT2D eigenvalue weighted by atomic mass is 16.6. The monoisotopic (exact) mass is 222 g/mol. The lowest BCUT2D eigenvalue weighted by atomic mass is 10.3. The van der Waals surface area contributed by atoms with Gasteiger partial charge in [0, 0.05) is 19.7 Å². The summed E-state index contributed by atoms with van der Waals surface area (Å²) in [6.07, 6.45) is 0. The van der Waals surface area contributed by atoms with Crippen molar-refractivity contribution in [2.45, 2.75) is 0 Å². The normalized spacial score (nSPS) is 9.50. The first kappa shape index (κ1) is 11.9. The average Bonchev–Trinajstić information content (AvgIpc) is 2.29. The summed E-state index contributed by atoms with van der Waals surface area (Å²) in [6.45, 7) is 0.787. The van der Waals surface area contributed by atoms with E-state index in [1.807, 2.05) is 6.07 Å². The molecule has 7 heteroatoms. The van der Waals surface area contributed by atoms with E-state index in [1.54, 1.807) is 0 Å². The van der Waals surface area contributed by atoms with Gasteiger partial charge in [-0.1, -0.05) is 0 Å². The fourth-order valence-electron chi connectivity index (χ4n) is 1.06. The highest BCUT2D eigenvalue weighted by Crippen LogP contribution is 2.21. The molecule has 7 nitrogen and oxygen atoms in total. The van der Waals surface area contributed by atoms with E-state index in [4.69, 9.17) is 10.00 Å². The molecule has 1 N–H and O–H groups in total. The molecule has 0 unspecified atom stereocenters. The van der Waals surface area contributed by atoms with Crippen LogP contribution in [0.3, 0.4) is 0 Å². The number of methoxy groups -OCH3 is 1. The first-order chi connectivity index (χ1) is 7.69. The molecule has 0 saturated carbocycles. The average molecular weight is 222 g/mol. The largest absolute Gasteiger partial charge is 0.383 e. The van der Waals surface area contributed by atoms with Crippen LogP contribution < -0.4 is 5.32 Å². The number of anilines is 1. The number of rotatable bonds is 5. The van der Waals surface area contributed by atoms with Crippen LogP contribution in [-0.4, -0.2) is 30.2 Å². The Morgan fingerprint density at radius 3 is 3.00 bits per heavy atom. The van der Waals surface area contributed by atoms with Gasteiger partial charge in [-0.05, 0) is 6.07 Å². The first-order valence-electron chi connectivity index (χ1n) is 4.47. The maximum Gasteiger partial charge on any atom is 0.311 e. The van der Waals surface area contributed by atoms with Gasteiger partial charge in [0.1, 0.15) is 11.8 Å². The Bertz CT molecular complexity index is 427. The molecule has 1 rings (SSSR count). The van der Waals surface area contributed by atoms with Gasteiger partial charge in [-0.15, -0.1) is 0 Å². The summed E-state index contributed by atoms with van der Waals surface area (Å²) < 4.78 is 4.80. The van der Waals surface area contributed by atoms with Crippen molar-refractivity contribution in [3.63, 3.8) is 0 Å². The van der Waals surface area contributed by atoms with Crippen molar-refractivity contribution in [3.05, 3.63) is 27.9 Å². The third-order valence-electron chi connectivity index (χ3n) is 1.78. The minimum absolute atomic E-state index is 0.0844. The van der Waals surface area contributed by atoms with E-state index in [-0.39, 0.29) is 17.2 Å². The lowest BCUT2D eigenvalue weighted by molar-refractivity contribution is -0.384. The van der Waals surface area contributed by atoms with Gasteiger partial charge in [-0.25, -0.2) is 4.98 Å². The molecule has 0 saturated heterocycles. The second-order valence-corrected chi connectivity index (χ2v) is 2.85. The molecule has 0 aliphatic heterocycles. The summed E-state index contributed by atoms with van der Waals surface area (Å²) in [4.78, 5) is 13.9. The Hall–Kier alpha value is -2.20. The van der Waals surface area contributed by atoms with E-state index in [2.05, 4.69) is 10.3 Å². The summed E-state index contributed by atoms with van der Waals surface area (Å²) in [5.41, 5.74) is -0.0272. The second-order valence-electron chi connectivity index (χ2n) is 2.85. The summed E-state index contributed by atoms with van der Waals surface area (Å²) >= 11 is 0. The molecule has 0 atom stereocenters. The van der Waals surface area contributed by atoms with Crippen molar-refractivity contribution in [1.29, 1.82) is 5.26 Å². The zero-order chi connectivity index (χ0) is 12.0. The molecule has 84 valence electrons. The fourth-order valence-corrected chi connectivity index (χ4v) is 1.06. The summed E-state index contributed by atoms with van der Waals surface area (Å²) in [5, 5.41) is 22.0. The molecule has 1 aromatic rings. The predicted octanol–water partition coefficient (Wildman–Crippen LogP) is 0.920. The minimum Gasteiger partial charge on any atom is -0.383 e. The number of nitrogens with one attached hydrogen (secondary N) is 1. The molecule has 16 heavy (non-hydrogen) atoms. The molecule has 1 aromatic heterocycles. The van der Waals surface area contributed by atoms with E-state index in [0.29, 0.717) is 13.2 Å². The standard InChI is InChI=1S/C9H10N4O3/c1-16-5-4-11-9-8(13(14)15)3-2-7(6-10)12-9/h2-3H,4-5H2,1H3,(H,11,12). The molecule has 0 fully saturated rings. The summed E-state index contributed by atoms with van der Waals surface area (Å²) in [5.74, 6) is 0.0844. The van der Waals surface area contributed by atoms with Crippen LogP contribution in [0.1, 0.15) is 5.69 Å². The van der Waals surface area contributed by atoms with Crippen LogP contribution in [-0.2, 0) is 4.74 Å². The van der Waals surface area contributed by atoms with Crippen LogP contribution in [0.25, 0.3) is 0 Å². The Kier molecular flexibility index (Phi) is 4.17. The molecule has 0 radical (unpaired) electrons. The van der Waals surface area contributed by atoms with E-state index in [1.165, 1.54) is 19.2 Å². The number of nitriles is 1. The van der Waals surface area contributed by atoms with Gasteiger partial charge < -0.3 is 10.1 Å². The molecule has 0 aliphatic rings. The maximum atomic E-state index is 10.7. The zero-order valence-electron chi connectivity index (χ0n) is 8.64. The second kappa shape index (κ2) is 5.63. The molecule has 0 bridgehead atoms. The number of pyridine rings is 1. The highest BCUT2D eigenvalue weighted by molar-refractivity contribution is 5.57. The lowest BCUT2D eigenvalue weighted by Gasteiger charge is -2.05. The third kappa shape index (κ3) is 2.90. The lowest BCUT2D eigenvalue weighted by Crippen LogP contribution is -2.11. The van der Waals surface area contributed by atoms with E-state index >= 15 is 0 Å². The molecule has 0 aromatic carbocycles. The molecule has 0 spiro atoms. The quantitative estimate of drug-likeness (QED) is 0.451. The van der Waals surface area contributed by atoms with Crippen molar-refractivity contribution >= 4 is 11.5 Å². The smallest absolute Gasteiger partial charge is 0.311 e.